The lowest BCUT2D eigenvalue weighted by atomic mass is 9.63. The van der Waals surface area contributed by atoms with Gasteiger partial charge in [0.25, 0.3) is 0 Å². The summed E-state index contributed by atoms with van der Waals surface area (Å²) in [6.07, 6.45) is 3.39. The number of Topliss-reactive ketones (excluding diaryl/α,β-unsaturated/α-hetero) is 2. The summed E-state index contributed by atoms with van der Waals surface area (Å²) in [5.74, 6) is -0.0864. The molecule has 0 radical (unpaired) electrons. The minimum Gasteiger partial charge on any atom is -0.490 e. The maximum atomic E-state index is 14.0. The molecule has 1 aliphatic heterocycles. The Morgan fingerprint density at radius 2 is 1.42 bits per heavy atom. The number of carboxylic acids is 1. The Balaban J connectivity index is 1.59. The van der Waals surface area contributed by atoms with Crippen molar-refractivity contribution in [1.82, 2.24) is 4.90 Å². The molecule has 0 saturated carbocycles. The number of allylic oxidation sites excluding steroid dienone is 4. The first kappa shape index (κ1) is 30.6. The van der Waals surface area contributed by atoms with Crippen molar-refractivity contribution in [2.45, 2.75) is 86.2 Å². The zero-order chi connectivity index (χ0) is 31.1. The number of carbonyl (C=O) groups is 3. The van der Waals surface area contributed by atoms with Gasteiger partial charge < -0.3 is 19.5 Å². The fourth-order valence-corrected chi connectivity index (χ4v) is 6.87. The second kappa shape index (κ2) is 11.7. The van der Waals surface area contributed by atoms with Gasteiger partial charge in [-0.3, -0.25) is 9.59 Å². The van der Waals surface area contributed by atoms with E-state index in [9.17, 15) is 19.5 Å². The van der Waals surface area contributed by atoms with Crippen LogP contribution in [0.2, 0.25) is 0 Å². The molecule has 2 aromatic rings. The lowest BCUT2D eigenvalue weighted by molar-refractivity contribution is -0.119. The van der Waals surface area contributed by atoms with Crippen LogP contribution in [0, 0.1) is 10.8 Å². The predicted octanol–water partition coefficient (Wildman–Crippen LogP) is 7.46. The van der Waals surface area contributed by atoms with E-state index in [2.05, 4.69) is 39.5 Å². The van der Waals surface area contributed by atoms with Gasteiger partial charge in [0.05, 0.1) is 12.2 Å². The highest BCUT2D eigenvalue weighted by atomic mass is 16.5. The molecule has 0 unspecified atom stereocenters. The Labute approximate surface area is 254 Å². The van der Waals surface area contributed by atoms with Crippen LogP contribution in [0.1, 0.15) is 101 Å². The van der Waals surface area contributed by atoms with Crippen molar-refractivity contribution in [1.29, 1.82) is 0 Å². The van der Waals surface area contributed by atoms with Crippen LogP contribution in [0.15, 0.2) is 65.0 Å². The van der Waals surface area contributed by atoms with Crippen molar-refractivity contribution in [3.05, 3.63) is 81.7 Å². The Morgan fingerprint density at radius 1 is 0.837 bits per heavy atom. The molecule has 0 saturated heterocycles. The average molecular weight is 586 g/mol. The van der Waals surface area contributed by atoms with E-state index >= 15 is 0 Å². The third-order valence-corrected chi connectivity index (χ3v) is 8.67. The Kier molecular flexibility index (Phi) is 8.30. The van der Waals surface area contributed by atoms with E-state index in [1.165, 1.54) is 0 Å². The highest BCUT2D eigenvalue weighted by Gasteiger charge is 2.48. The number of carboxylic acid groups (broad SMARTS) is 1. The second-order valence-corrected chi connectivity index (χ2v) is 13.6. The monoisotopic (exact) mass is 585 g/mol. The van der Waals surface area contributed by atoms with Gasteiger partial charge in [-0.1, -0.05) is 52.8 Å². The van der Waals surface area contributed by atoms with Crippen LogP contribution in [0.5, 0.6) is 11.5 Å². The number of ether oxygens (including phenoxy) is 2. The first-order valence-electron chi connectivity index (χ1n) is 15.4. The number of benzene rings is 2. The summed E-state index contributed by atoms with van der Waals surface area (Å²) < 4.78 is 12.2. The molecular formula is C36H43NO6. The summed E-state index contributed by atoms with van der Waals surface area (Å²) >= 11 is 0. The summed E-state index contributed by atoms with van der Waals surface area (Å²) in [5, 5.41) is 9.18. The van der Waals surface area contributed by atoms with Crippen LogP contribution in [0.25, 0.3) is 0 Å². The van der Waals surface area contributed by atoms with Crippen molar-refractivity contribution in [2.24, 2.45) is 10.8 Å². The Morgan fingerprint density at radius 3 is 1.93 bits per heavy atom. The standard InChI is InChI=1S/C36H43NO6/c1-7-15-37-25-17-35(3,4)19-27(38)32(25)31(33-26(37)18-36(5,6)20-28(33)39)24-13-14-29(30(16-24)42-8-2)43-21-22-9-11-23(12-10-22)34(40)41/h9-14,16,31H,7-8,15,17-21H2,1-6H3,(H,40,41). The zero-order valence-electron chi connectivity index (χ0n) is 26.2. The number of hydrogen-bond donors (Lipinski definition) is 1. The average Bonchev–Trinajstić information content (AvgIpc) is 2.92. The van der Waals surface area contributed by atoms with Gasteiger partial charge in [-0.15, -0.1) is 0 Å². The molecule has 2 aromatic carbocycles. The molecule has 0 spiro atoms. The second-order valence-electron chi connectivity index (χ2n) is 13.6. The molecule has 5 rings (SSSR count). The highest BCUT2D eigenvalue weighted by Crippen LogP contribution is 2.55. The number of aromatic carboxylic acids is 1. The number of rotatable bonds is 9. The van der Waals surface area contributed by atoms with E-state index in [0.29, 0.717) is 30.9 Å². The van der Waals surface area contributed by atoms with Crippen molar-refractivity contribution >= 4 is 17.5 Å². The largest absolute Gasteiger partial charge is 0.490 e. The van der Waals surface area contributed by atoms with Crippen LogP contribution < -0.4 is 9.47 Å². The molecule has 1 heterocycles. The summed E-state index contributed by atoms with van der Waals surface area (Å²) in [5.41, 5.74) is 5.25. The molecular weight excluding hydrogens is 542 g/mol. The van der Waals surface area contributed by atoms with E-state index in [1.54, 1.807) is 24.3 Å². The zero-order valence-corrected chi connectivity index (χ0v) is 26.2. The molecule has 3 aliphatic rings. The maximum absolute atomic E-state index is 14.0. The fourth-order valence-electron chi connectivity index (χ4n) is 6.87. The van der Waals surface area contributed by atoms with Gasteiger partial charge in [0.15, 0.2) is 23.1 Å². The van der Waals surface area contributed by atoms with Crippen molar-refractivity contribution in [3.63, 3.8) is 0 Å². The molecule has 7 heteroatoms. The lowest BCUT2D eigenvalue weighted by Gasteiger charge is -2.49. The lowest BCUT2D eigenvalue weighted by Crippen LogP contribution is -2.44. The van der Waals surface area contributed by atoms with Gasteiger partial charge in [-0.05, 0) is 72.4 Å². The molecule has 43 heavy (non-hydrogen) atoms. The van der Waals surface area contributed by atoms with Gasteiger partial charge in [0.1, 0.15) is 6.61 Å². The van der Waals surface area contributed by atoms with Crippen LogP contribution >= 0.6 is 0 Å². The highest BCUT2D eigenvalue weighted by molar-refractivity contribution is 6.06. The molecule has 0 amide bonds. The van der Waals surface area contributed by atoms with Crippen molar-refractivity contribution in [2.75, 3.05) is 13.2 Å². The van der Waals surface area contributed by atoms with Crippen molar-refractivity contribution in [3.8, 4) is 11.5 Å². The fraction of sp³-hybridized carbons (Fsp3) is 0.472. The van der Waals surface area contributed by atoms with E-state index in [-0.39, 0.29) is 34.6 Å². The normalized spacial score (nSPS) is 19.7. The predicted molar refractivity (Wildman–Crippen MR) is 165 cm³/mol. The first-order valence-corrected chi connectivity index (χ1v) is 15.4. The smallest absolute Gasteiger partial charge is 0.335 e. The SMILES string of the molecule is CCCN1C2=C(C(=O)CC(C)(C)C2)C(c2ccc(OCc3ccc(C(=O)O)cc3)c(OCC)c2)C2=C1CC(C)(C)CC2=O. The molecule has 7 nitrogen and oxygen atoms in total. The van der Waals surface area contributed by atoms with Gasteiger partial charge in [0.2, 0.25) is 0 Å². The summed E-state index contributed by atoms with van der Waals surface area (Å²) in [7, 11) is 0. The molecule has 0 aromatic heterocycles. The van der Waals surface area contributed by atoms with Crippen LogP contribution in [-0.4, -0.2) is 40.7 Å². The summed E-state index contributed by atoms with van der Waals surface area (Å²) in [6.45, 7) is 14.1. The van der Waals surface area contributed by atoms with E-state index in [1.807, 2.05) is 25.1 Å². The van der Waals surface area contributed by atoms with Crippen LogP contribution in [0.4, 0.5) is 0 Å². The van der Waals surface area contributed by atoms with Crippen LogP contribution in [0.3, 0.4) is 0 Å². The van der Waals surface area contributed by atoms with Gasteiger partial charge in [-0.25, -0.2) is 4.79 Å². The molecule has 0 bridgehead atoms. The first-order chi connectivity index (χ1) is 20.3. The molecule has 0 atom stereocenters. The molecule has 228 valence electrons. The van der Waals surface area contributed by atoms with E-state index in [4.69, 9.17) is 9.47 Å². The molecule has 0 fully saturated rings. The molecule has 1 N–H and O–H groups in total. The summed E-state index contributed by atoms with van der Waals surface area (Å²) in [4.78, 5) is 41.5. The number of hydrogen-bond acceptors (Lipinski definition) is 6. The quantitative estimate of drug-likeness (QED) is 0.327. The van der Waals surface area contributed by atoms with Crippen molar-refractivity contribution < 1.29 is 29.0 Å². The molecule has 2 aliphatic carbocycles. The summed E-state index contributed by atoms with van der Waals surface area (Å²) in [6, 6.07) is 12.3. The van der Waals surface area contributed by atoms with E-state index in [0.717, 1.165) is 59.5 Å². The number of carbonyl (C=O) groups excluding carboxylic acids is 2. The number of nitrogens with zero attached hydrogens (tertiary/aromatic N) is 1. The topological polar surface area (TPSA) is 93.1 Å². The Hall–Kier alpha value is -3.87. The van der Waals surface area contributed by atoms with Gasteiger partial charge in [0, 0.05) is 47.8 Å². The van der Waals surface area contributed by atoms with Gasteiger partial charge in [-0.2, -0.15) is 0 Å². The minimum atomic E-state index is -0.973. The third-order valence-electron chi connectivity index (χ3n) is 8.67. The van der Waals surface area contributed by atoms with E-state index < -0.39 is 11.9 Å². The minimum absolute atomic E-state index is 0.115. The van der Waals surface area contributed by atoms with Crippen LogP contribution in [-0.2, 0) is 16.2 Å². The maximum Gasteiger partial charge on any atom is 0.335 e. The third kappa shape index (κ3) is 6.13. The number of ketones is 2. The Bertz CT molecular complexity index is 1460. The van der Waals surface area contributed by atoms with Gasteiger partial charge >= 0.3 is 5.97 Å².